The molecule has 1 saturated carbocycles. The van der Waals surface area contributed by atoms with Crippen molar-refractivity contribution in [1.29, 1.82) is 0 Å². The number of hydrogen-bond donors (Lipinski definition) is 3. The summed E-state index contributed by atoms with van der Waals surface area (Å²) in [4.78, 5) is 15.8. The highest BCUT2D eigenvalue weighted by Gasteiger charge is 2.41. The topological polar surface area (TPSA) is 65.5 Å². The zero-order valence-electron chi connectivity index (χ0n) is 15.3. The van der Waals surface area contributed by atoms with E-state index in [1.165, 1.54) is 0 Å². The lowest BCUT2D eigenvalue weighted by atomic mass is 9.85. The molecule has 0 aromatic carbocycles. The average Bonchev–Trinajstić information content (AvgIpc) is 2.48. The van der Waals surface area contributed by atoms with E-state index in [1.54, 1.807) is 7.05 Å². The van der Waals surface area contributed by atoms with E-state index in [-0.39, 0.29) is 48.8 Å². The molecular weight excluding hydrogens is 448 g/mol. The average molecular weight is 478 g/mol. The Morgan fingerprint density at radius 2 is 1.56 bits per heavy atom. The van der Waals surface area contributed by atoms with Crippen molar-refractivity contribution in [1.82, 2.24) is 16.0 Å². The number of rotatable bonds is 4. The van der Waals surface area contributed by atoms with Crippen molar-refractivity contribution in [3.8, 4) is 0 Å². The molecule has 0 aromatic rings. The summed E-state index contributed by atoms with van der Waals surface area (Å²) < 4.78 is 38.0. The molecule has 1 rings (SSSR count). The van der Waals surface area contributed by atoms with Gasteiger partial charge < -0.3 is 16.0 Å². The molecule has 0 aliphatic heterocycles. The Kier molecular flexibility index (Phi) is 10.1. The van der Waals surface area contributed by atoms with Gasteiger partial charge in [-0.1, -0.05) is 20.8 Å². The number of carbonyl (C=O) groups is 1. The third-order valence-corrected chi connectivity index (χ3v) is 4.14. The van der Waals surface area contributed by atoms with E-state index in [0.29, 0.717) is 31.9 Å². The number of guanidine groups is 1. The third-order valence-electron chi connectivity index (χ3n) is 4.14. The van der Waals surface area contributed by atoms with Crippen LogP contribution in [0.4, 0.5) is 13.2 Å². The number of alkyl halides is 3. The van der Waals surface area contributed by atoms with Crippen LogP contribution in [0.15, 0.2) is 4.99 Å². The fourth-order valence-corrected chi connectivity index (χ4v) is 2.58. The highest BCUT2D eigenvalue weighted by atomic mass is 127. The van der Waals surface area contributed by atoms with Crippen LogP contribution in [-0.4, -0.2) is 44.2 Å². The summed E-state index contributed by atoms with van der Waals surface area (Å²) in [6.07, 6.45) is -2.83. The van der Waals surface area contributed by atoms with E-state index in [9.17, 15) is 18.0 Å². The van der Waals surface area contributed by atoms with Crippen LogP contribution in [0.5, 0.6) is 0 Å². The summed E-state index contributed by atoms with van der Waals surface area (Å²) in [7, 11) is 1.62. The molecular formula is C16H30F3IN4O. The summed E-state index contributed by atoms with van der Waals surface area (Å²) in [5.41, 5.74) is -0.433. The summed E-state index contributed by atoms with van der Waals surface area (Å²) >= 11 is 0. The smallest absolute Gasteiger partial charge is 0.355 e. The van der Waals surface area contributed by atoms with Crippen LogP contribution in [0.1, 0.15) is 46.5 Å². The second-order valence-corrected chi connectivity index (χ2v) is 7.24. The van der Waals surface area contributed by atoms with Crippen LogP contribution in [0.2, 0.25) is 0 Å². The Labute approximate surface area is 165 Å². The van der Waals surface area contributed by atoms with Gasteiger partial charge in [-0.25, -0.2) is 0 Å². The van der Waals surface area contributed by atoms with E-state index in [4.69, 9.17) is 0 Å². The number of amides is 1. The quantitative estimate of drug-likeness (QED) is 0.252. The number of aliphatic imine (C=N–C) groups is 1. The summed E-state index contributed by atoms with van der Waals surface area (Å²) in [6.45, 7) is 6.48. The molecule has 1 aliphatic carbocycles. The van der Waals surface area contributed by atoms with E-state index in [0.717, 1.165) is 0 Å². The second-order valence-electron chi connectivity index (χ2n) is 7.24. The van der Waals surface area contributed by atoms with Gasteiger partial charge in [0.05, 0.1) is 5.92 Å². The maximum Gasteiger partial charge on any atom is 0.391 e. The number of hydrogen-bond acceptors (Lipinski definition) is 2. The lowest BCUT2D eigenvalue weighted by Crippen LogP contribution is -2.48. The second kappa shape index (κ2) is 10.4. The monoisotopic (exact) mass is 478 g/mol. The minimum atomic E-state index is -4.09. The SMILES string of the molecule is CN=C(NCCNC(=O)C(C)(C)C)NC1CCC(C(F)(F)F)CC1.I. The van der Waals surface area contributed by atoms with Crippen LogP contribution in [0.25, 0.3) is 0 Å². The Bertz CT molecular complexity index is 442. The van der Waals surface area contributed by atoms with Crippen molar-refractivity contribution in [2.24, 2.45) is 16.3 Å². The van der Waals surface area contributed by atoms with Gasteiger partial charge in [-0.3, -0.25) is 9.79 Å². The van der Waals surface area contributed by atoms with Crippen molar-refractivity contribution in [3.05, 3.63) is 0 Å². The third kappa shape index (κ3) is 8.96. The molecule has 3 N–H and O–H groups in total. The molecule has 0 spiro atoms. The van der Waals surface area contributed by atoms with Crippen LogP contribution >= 0.6 is 24.0 Å². The first-order valence-corrected chi connectivity index (χ1v) is 8.36. The molecule has 5 nitrogen and oxygen atoms in total. The van der Waals surface area contributed by atoms with Crippen molar-refractivity contribution < 1.29 is 18.0 Å². The molecule has 9 heteroatoms. The van der Waals surface area contributed by atoms with Crippen LogP contribution in [0.3, 0.4) is 0 Å². The fourth-order valence-electron chi connectivity index (χ4n) is 2.58. The minimum absolute atomic E-state index is 0. The van der Waals surface area contributed by atoms with Gasteiger partial charge in [-0.15, -0.1) is 24.0 Å². The van der Waals surface area contributed by atoms with Crippen molar-refractivity contribution in [2.75, 3.05) is 20.1 Å². The Hall–Kier alpha value is -0.740. The van der Waals surface area contributed by atoms with Gasteiger partial charge in [0.2, 0.25) is 5.91 Å². The van der Waals surface area contributed by atoms with E-state index < -0.39 is 17.5 Å². The molecule has 148 valence electrons. The van der Waals surface area contributed by atoms with Gasteiger partial charge in [0.1, 0.15) is 0 Å². The molecule has 0 aromatic heterocycles. The standard InChI is InChI=1S/C16H29F3N4O.HI/c1-15(2,3)13(24)21-9-10-22-14(20-4)23-12-7-5-11(6-8-12)16(17,18)19;/h11-12H,5-10H2,1-4H3,(H,21,24)(H2,20,22,23);1H. The molecule has 1 fully saturated rings. The minimum Gasteiger partial charge on any atom is -0.355 e. The van der Waals surface area contributed by atoms with Gasteiger partial charge >= 0.3 is 6.18 Å². The Morgan fingerprint density at radius 1 is 1.04 bits per heavy atom. The van der Waals surface area contributed by atoms with E-state index in [2.05, 4.69) is 20.9 Å². The van der Waals surface area contributed by atoms with Crippen molar-refractivity contribution in [3.63, 3.8) is 0 Å². The zero-order chi connectivity index (χ0) is 18.4. The summed E-state index contributed by atoms with van der Waals surface area (Å²) in [5, 5.41) is 9.04. The van der Waals surface area contributed by atoms with Gasteiger partial charge in [-0.2, -0.15) is 13.2 Å². The lowest BCUT2D eigenvalue weighted by molar-refractivity contribution is -0.182. The highest BCUT2D eigenvalue weighted by molar-refractivity contribution is 14.0. The van der Waals surface area contributed by atoms with Gasteiger partial charge in [-0.05, 0) is 25.7 Å². The summed E-state index contributed by atoms with van der Waals surface area (Å²) in [6, 6.07) is -0.000957. The zero-order valence-corrected chi connectivity index (χ0v) is 17.6. The fraction of sp³-hybridized carbons (Fsp3) is 0.875. The molecule has 0 atom stereocenters. The molecule has 0 bridgehead atoms. The maximum absolute atomic E-state index is 12.7. The summed E-state index contributed by atoms with van der Waals surface area (Å²) in [5.74, 6) is -0.661. The highest BCUT2D eigenvalue weighted by Crippen LogP contribution is 2.37. The first-order valence-electron chi connectivity index (χ1n) is 8.36. The first-order chi connectivity index (χ1) is 11.0. The molecule has 1 aliphatic rings. The molecule has 0 radical (unpaired) electrons. The largest absolute Gasteiger partial charge is 0.391 e. The Morgan fingerprint density at radius 3 is 2.00 bits per heavy atom. The van der Waals surface area contributed by atoms with Crippen LogP contribution < -0.4 is 16.0 Å². The van der Waals surface area contributed by atoms with Crippen LogP contribution in [-0.2, 0) is 4.79 Å². The molecule has 25 heavy (non-hydrogen) atoms. The van der Waals surface area contributed by atoms with E-state index >= 15 is 0 Å². The lowest BCUT2D eigenvalue weighted by Gasteiger charge is -2.31. The Balaban J connectivity index is 0.00000576. The van der Waals surface area contributed by atoms with E-state index in [1.807, 2.05) is 20.8 Å². The number of nitrogens with one attached hydrogen (secondary N) is 3. The number of carbonyl (C=O) groups excluding carboxylic acids is 1. The number of halogens is 4. The predicted octanol–water partition coefficient (Wildman–Crippen LogP) is 3.05. The maximum atomic E-state index is 12.7. The first kappa shape index (κ1) is 24.3. The molecule has 1 amide bonds. The normalized spacial score (nSPS) is 22.0. The van der Waals surface area contributed by atoms with Gasteiger partial charge in [0.25, 0.3) is 0 Å². The molecule has 0 heterocycles. The molecule has 0 unspecified atom stereocenters. The predicted molar refractivity (Wildman–Crippen MR) is 104 cm³/mol. The van der Waals surface area contributed by atoms with Crippen molar-refractivity contribution >= 4 is 35.8 Å². The number of nitrogens with zero attached hydrogens (tertiary/aromatic N) is 1. The van der Waals surface area contributed by atoms with Crippen LogP contribution in [0, 0.1) is 11.3 Å². The molecule has 0 saturated heterocycles. The van der Waals surface area contributed by atoms with Crippen molar-refractivity contribution in [2.45, 2.75) is 58.7 Å². The van der Waals surface area contributed by atoms with Gasteiger partial charge in [0, 0.05) is 31.6 Å². The van der Waals surface area contributed by atoms with Gasteiger partial charge in [0.15, 0.2) is 5.96 Å².